The molecule has 46 valence electrons. The number of hydrogen-bond acceptors (Lipinski definition) is 3. The molecule has 3 nitrogen and oxygen atoms in total. The van der Waals surface area contributed by atoms with Crippen molar-refractivity contribution >= 4 is 0 Å². The van der Waals surface area contributed by atoms with Crippen molar-refractivity contribution in [3.63, 3.8) is 0 Å². The Morgan fingerprint density at radius 2 is 2.12 bits per heavy atom. The first-order valence-electron chi connectivity index (χ1n) is 2.62. The van der Waals surface area contributed by atoms with Crippen molar-refractivity contribution in [2.24, 2.45) is 0 Å². The largest absolute Gasteiger partial charge is 0.343 e. The van der Waals surface area contributed by atoms with Crippen molar-refractivity contribution in [3.05, 3.63) is 12.2 Å². The van der Waals surface area contributed by atoms with Crippen molar-refractivity contribution in [3.8, 4) is 0 Å². The fraction of sp³-hybridized carbons (Fsp3) is 0.600. The van der Waals surface area contributed by atoms with Gasteiger partial charge in [0.15, 0.2) is 5.82 Å². The van der Waals surface area contributed by atoms with E-state index in [4.69, 9.17) is 0 Å². The van der Waals surface area contributed by atoms with E-state index in [-0.39, 0.29) is 0 Å². The lowest BCUT2D eigenvalue weighted by Gasteiger charge is -1.60. The van der Waals surface area contributed by atoms with Gasteiger partial charge in [-0.05, 0) is 6.92 Å². The highest BCUT2D eigenvalue weighted by Crippen LogP contribution is 1.78. The van der Waals surface area contributed by atoms with Gasteiger partial charge in [-0.15, -0.1) is 0 Å². The van der Waals surface area contributed by atoms with Crippen molar-refractivity contribution in [2.75, 3.05) is 0 Å². The third-order valence-corrected chi connectivity index (χ3v) is 0.471. The minimum Gasteiger partial charge on any atom is -0.343 e. The molecule has 0 saturated carbocycles. The summed E-state index contributed by atoms with van der Waals surface area (Å²) in [6.45, 7) is 5.77. The van der Waals surface area contributed by atoms with E-state index in [1.807, 2.05) is 13.8 Å². The van der Waals surface area contributed by atoms with Crippen LogP contribution in [0.15, 0.2) is 10.9 Å². The number of rotatable bonds is 0. The summed E-state index contributed by atoms with van der Waals surface area (Å²) < 4.78 is 4.35. The number of nitrogens with zero attached hydrogens (tertiary/aromatic N) is 2. The molecule has 0 aromatic carbocycles. The van der Waals surface area contributed by atoms with Crippen LogP contribution in [0.2, 0.25) is 0 Å². The Bertz CT molecular complexity index is 114. The van der Waals surface area contributed by atoms with E-state index in [2.05, 4.69) is 14.7 Å². The molecule has 0 saturated heterocycles. The maximum absolute atomic E-state index is 4.35. The minimum absolute atomic E-state index is 0.676. The van der Waals surface area contributed by atoms with E-state index >= 15 is 0 Å². The van der Waals surface area contributed by atoms with Crippen LogP contribution < -0.4 is 0 Å². The fourth-order valence-electron chi connectivity index (χ4n) is 0.223. The van der Waals surface area contributed by atoms with E-state index in [0.29, 0.717) is 5.82 Å². The topological polar surface area (TPSA) is 38.9 Å². The molecular weight excluding hydrogens is 104 g/mol. The number of hydrogen-bond donors (Lipinski definition) is 0. The van der Waals surface area contributed by atoms with E-state index < -0.39 is 0 Å². The summed E-state index contributed by atoms with van der Waals surface area (Å²) >= 11 is 0. The molecule has 0 radical (unpaired) electrons. The predicted molar refractivity (Wildman–Crippen MR) is 30.4 cm³/mol. The van der Waals surface area contributed by atoms with Crippen LogP contribution >= 0.6 is 0 Å². The molecule has 1 rings (SSSR count). The van der Waals surface area contributed by atoms with Gasteiger partial charge >= 0.3 is 0 Å². The summed E-state index contributed by atoms with van der Waals surface area (Å²) in [6.07, 6.45) is 1.30. The second kappa shape index (κ2) is 4.30. The zero-order valence-corrected chi connectivity index (χ0v) is 5.38. The van der Waals surface area contributed by atoms with E-state index in [9.17, 15) is 0 Å². The van der Waals surface area contributed by atoms with Gasteiger partial charge in [-0.3, -0.25) is 0 Å². The third kappa shape index (κ3) is 2.34. The van der Waals surface area contributed by atoms with Gasteiger partial charge in [0.1, 0.15) is 0 Å². The molecule has 8 heavy (non-hydrogen) atoms. The molecule has 1 aromatic heterocycles. The molecule has 1 aromatic rings. The lowest BCUT2D eigenvalue weighted by Crippen LogP contribution is -1.66. The van der Waals surface area contributed by atoms with E-state index in [1.165, 1.54) is 6.39 Å². The summed E-state index contributed by atoms with van der Waals surface area (Å²) in [6, 6.07) is 0. The summed E-state index contributed by atoms with van der Waals surface area (Å²) in [4.78, 5) is 3.64. The lowest BCUT2D eigenvalue weighted by molar-refractivity contribution is 0.412. The molecule has 0 spiro atoms. The van der Waals surface area contributed by atoms with Crippen LogP contribution in [0, 0.1) is 6.92 Å². The van der Waals surface area contributed by atoms with E-state index in [0.717, 1.165) is 0 Å². The average molecular weight is 114 g/mol. The summed E-state index contributed by atoms with van der Waals surface area (Å²) in [5.74, 6) is 0.676. The second-order valence-corrected chi connectivity index (χ2v) is 0.978. The Balaban J connectivity index is 0.000000222. The second-order valence-electron chi connectivity index (χ2n) is 0.978. The molecule has 0 N–H and O–H groups in total. The van der Waals surface area contributed by atoms with Gasteiger partial charge < -0.3 is 4.52 Å². The average Bonchev–Trinajstić information content (AvgIpc) is 2.24. The summed E-state index contributed by atoms with van der Waals surface area (Å²) in [5, 5.41) is 3.43. The van der Waals surface area contributed by atoms with E-state index in [1.54, 1.807) is 6.92 Å². The SMILES string of the molecule is CC.Cc1ncon1. The molecule has 0 aliphatic heterocycles. The molecule has 0 amide bonds. The Kier molecular flexibility index (Phi) is 3.84. The molecule has 0 aliphatic carbocycles. The fourth-order valence-corrected chi connectivity index (χ4v) is 0.223. The van der Waals surface area contributed by atoms with Crippen molar-refractivity contribution in [1.29, 1.82) is 0 Å². The Morgan fingerprint density at radius 1 is 1.50 bits per heavy atom. The van der Waals surface area contributed by atoms with Crippen LogP contribution in [0.5, 0.6) is 0 Å². The monoisotopic (exact) mass is 114 g/mol. The normalized spacial score (nSPS) is 7.38. The van der Waals surface area contributed by atoms with Gasteiger partial charge in [-0.25, -0.2) is 0 Å². The van der Waals surface area contributed by atoms with Crippen LogP contribution in [0.25, 0.3) is 0 Å². The zero-order valence-electron chi connectivity index (χ0n) is 5.38. The van der Waals surface area contributed by atoms with Gasteiger partial charge in [0, 0.05) is 0 Å². The van der Waals surface area contributed by atoms with Crippen molar-refractivity contribution in [2.45, 2.75) is 20.8 Å². The maximum atomic E-state index is 4.35. The van der Waals surface area contributed by atoms with Crippen LogP contribution in [-0.2, 0) is 0 Å². The number of aromatic nitrogens is 2. The molecule has 1 heterocycles. The molecule has 0 fully saturated rings. The standard InChI is InChI=1S/C3H4N2O.C2H6/c1-3-4-2-6-5-3;1-2/h2H,1H3;1-2H3. The van der Waals surface area contributed by atoms with Gasteiger partial charge in [-0.2, -0.15) is 4.98 Å². The van der Waals surface area contributed by atoms with Crippen molar-refractivity contribution < 1.29 is 4.52 Å². The Labute approximate surface area is 48.7 Å². The first-order valence-corrected chi connectivity index (χ1v) is 2.62. The van der Waals surface area contributed by atoms with Crippen LogP contribution in [0.1, 0.15) is 19.7 Å². The Hall–Kier alpha value is -0.860. The molecule has 0 aliphatic rings. The maximum Gasteiger partial charge on any atom is 0.213 e. The summed E-state index contributed by atoms with van der Waals surface area (Å²) in [7, 11) is 0. The van der Waals surface area contributed by atoms with Crippen molar-refractivity contribution in [1.82, 2.24) is 10.1 Å². The Morgan fingerprint density at radius 3 is 2.25 bits per heavy atom. The van der Waals surface area contributed by atoms with Crippen LogP contribution in [0.3, 0.4) is 0 Å². The molecule has 0 bridgehead atoms. The lowest BCUT2D eigenvalue weighted by atomic mass is 10.8. The van der Waals surface area contributed by atoms with Crippen LogP contribution in [0.4, 0.5) is 0 Å². The first-order chi connectivity index (χ1) is 3.89. The minimum atomic E-state index is 0.676. The number of aryl methyl sites for hydroxylation is 1. The van der Waals surface area contributed by atoms with Gasteiger partial charge in [-0.1, -0.05) is 19.0 Å². The third-order valence-electron chi connectivity index (χ3n) is 0.471. The smallest absolute Gasteiger partial charge is 0.213 e. The van der Waals surface area contributed by atoms with Gasteiger partial charge in [0.05, 0.1) is 0 Å². The van der Waals surface area contributed by atoms with Gasteiger partial charge in [0.25, 0.3) is 0 Å². The predicted octanol–water partition coefficient (Wildman–Crippen LogP) is 1.40. The zero-order chi connectivity index (χ0) is 6.41. The van der Waals surface area contributed by atoms with Crippen LogP contribution in [-0.4, -0.2) is 10.1 Å². The highest BCUT2D eigenvalue weighted by molar-refractivity contribution is 4.67. The summed E-state index contributed by atoms with van der Waals surface area (Å²) in [5.41, 5.74) is 0. The molecular formula is C5H10N2O. The highest BCUT2D eigenvalue weighted by Gasteiger charge is 1.79. The molecule has 0 unspecified atom stereocenters. The molecule has 0 atom stereocenters. The first kappa shape index (κ1) is 7.14. The molecule has 3 heteroatoms. The quantitative estimate of drug-likeness (QED) is 0.511. The highest BCUT2D eigenvalue weighted by atomic mass is 16.5. The van der Waals surface area contributed by atoms with Gasteiger partial charge in [0.2, 0.25) is 6.39 Å².